The highest BCUT2D eigenvalue weighted by atomic mass is 32.1. The third-order valence-corrected chi connectivity index (χ3v) is 5.82. The molecule has 2 aliphatic rings. The van der Waals surface area contributed by atoms with Crippen LogP contribution in [0.2, 0.25) is 0 Å². The Kier molecular flexibility index (Phi) is 4.27. The third-order valence-electron chi connectivity index (χ3n) is 4.68. The molecule has 7 nitrogen and oxygen atoms in total. The average molecular weight is 357 g/mol. The standard InChI is InChI=1S/C17H19N5O2S/c1-24-12-6-10(7-18)8-22(9-12)17-20-13-4-5-19-15(14(13)25-17)21-16(23)11-2-3-11/h4-5,10-12H,2-3,6,8-9H2,1H3,(H,19,21,23)/t10-,12+/m1/s1. The van der Waals surface area contributed by atoms with Gasteiger partial charge in [-0.3, -0.25) is 4.79 Å². The lowest BCUT2D eigenvalue weighted by atomic mass is 9.98. The van der Waals surface area contributed by atoms with Gasteiger partial charge in [0, 0.05) is 32.3 Å². The van der Waals surface area contributed by atoms with Gasteiger partial charge in [0.2, 0.25) is 5.91 Å². The highest BCUT2D eigenvalue weighted by molar-refractivity contribution is 7.22. The fraction of sp³-hybridized carbons (Fsp3) is 0.529. The molecular formula is C17H19N5O2S. The SMILES string of the molecule is CO[C@H]1C[C@H](C#N)CN(c2nc3ccnc(NC(=O)C4CC4)c3s2)C1. The largest absolute Gasteiger partial charge is 0.380 e. The molecule has 1 saturated heterocycles. The molecule has 4 rings (SSSR count). The van der Waals surface area contributed by atoms with E-state index in [2.05, 4.69) is 21.3 Å². The number of nitrogens with zero attached hydrogens (tertiary/aromatic N) is 4. The quantitative estimate of drug-likeness (QED) is 0.903. The summed E-state index contributed by atoms with van der Waals surface area (Å²) in [6, 6.07) is 4.19. The van der Waals surface area contributed by atoms with Crippen LogP contribution in [-0.4, -0.2) is 42.2 Å². The van der Waals surface area contributed by atoms with Crippen LogP contribution in [0.5, 0.6) is 0 Å². The smallest absolute Gasteiger partial charge is 0.228 e. The van der Waals surface area contributed by atoms with E-state index in [0.717, 1.165) is 34.6 Å². The van der Waals surface area contributed by atoms with E-state index in [4.69, 9.17) is 9.72 Å². The van der Waals surface area contributed by atoms with Crippen LogP contribution in [-0.2, 0) is 9.53 Å². The number of carbonyl (C=O) groups excluding carboxylic acids is 1. The summed E-state index contributed by atoms with van der Waals surface area (Å²) in [5, 5.41) is 13.1. The van der Waals surface area contributed by atoms with E-state index < -0.39 is 0 Å². The van der Waals surface area contributed by atoms with Gasteiger partial charge in [-0.2, -0.15) is 5.26 Å². The molecule has 0 aromatic carbocycles. The second-order valence-electron chi connectivity index (χ2n) is 6.59. The first kappa shape index (κ1) is 16.2. The van der Waals surface area contributed by atoms with Gasteiger partial charge in [-0.05, 0) is 25.3 Å². The number of fused-ring (bicyclic) bond motifs is 1. The number of methoxy groups -OCH3 is 1. The lowest BCUT2D eigenvalue weighted by Crippen LogP contribution is -2.43. The zero-order valence-electron chi connectivity index (χ0n) is 13.9. The minimum absolute atomic E-state index is 0.0255. The zero-order chi connectivity index (χ0) is 17.4. The number of nitriles is 1. The van der Waals surface area contributed by atoms with Gasteiger partial charge < -0.3 is 15.0 Å². The van der Waals surface area contributed by atoms with Crippen molar-refractivity contribution in [2.24, 2.45) is 11.8 Å². The first-order valence-electron chi connectivity index (χ1n) is 8.41. The molecule has 0 radical (unpaired) electrons. The Bertz CT molecular complexity index is 841. The highest BCUT2D eigenvalue weighted by Crippen LogP contribution is 2.36. The third kappa shape index (κ3) is 3.30. The lowest BCUT2D eigenvalue weighted by Gasteiger charge is -2.34. The number of anilines is 2. The minimum atomic E-state index is -0.0714. The molecule has 0 spiro atoms. The molecule has 0 bridgehead atoms. The fourth-order valence-corrected chi connectivity index (χ4v) is 4.13. The number of rotatable bonds is 4. The summed E-state index contributed by atoms with van der Waals surface area (Å²) in [5.41, 5.74) is 0.814. The van der Waals surface area contributed by atoms with E-state index in [0.29, 0.717) is 18.9 Å². The van der Waals surface area contributed by atoms with E-state index in [1.54, 1.807) is 13.3 Å². The number of ether oxygens (including phenoxy) is 1. The van der Waals surface area contributed by atoms with Crippen molar-refractivity contribution >= 4 is 38.4 Å². The molecule has 0 unspecified atom stereocenters. The number of aromatic nitrogens is 2. The summed E-state index contributed by atoms with van der Waals surface area (Å²) in [6.45, 7) is 1.36. The second kappa shape index (κ2) is 6.58. The van der Waals surface area contributed by atoms with Gasteiger partial charge in [0.15, 0.2) is 10.9 Å². The Balaban J connectivity index is 1.62. The number of thiazole rings is 1. The van der Waals surface area contributed by atoms with Crippen LogP contribution in [0.25, 0.3) is 10.2 Å². The Morgan fingerprint density at radius 1 is 1.48 bits per heavy atom. The molecule has 2 fully saturated rings. The Morgan fingerprint density at radius 2 is 2.32 bits per heavy atom. The van der Waals surface area contributed by atoms with Gasteiger partial charge in [-0.25, -0.2) is 9.97 Å². The maximum absolute atomic E-state index is 12.1. The van der Waals surface area contributed by atoms with Crippen LogP contribution in [0.15, 0.2) is 12.3 Å². The van der Waals surface area contributed by atoms with Crippen molar-refractivity contribution in [1.82, 2.24) is 9.97 Å². The molecule has 2 aromatic rings. The van der Waals surface area contributed by atoms with Gasteiger partial charge in [-0.1, -0.05) is 11.3 Å². The van der Waals surface area contributed by atoms with Crippen molar-refractivity contribution in [1.29, 1.82) is 5.26 Å². The van der Waals surface area contributed by atoms with Gasteiger partial charge in [0.25, 0.3) is 0 Å². The number of hydrogen-bond acceptors (Lipinski definition) is 7. The maximum Gasteiger partial charge on any atom is 0.228 e. The van der Waals surface area contributed by atoms with Crippen molar-refractivity contribution < 1.29 is 9.53 Å². The summed E-state index contributed by atoms with van der Waals surface area (Å²) >= 11 is 1.50. The Labute approximate surface area is 149 Å². The van der Waals surface area contributed by atoms with E-state index in [1.807, 2.05) is 6.07 Å². The van der Waals surface area contributed by atoms with Crippen LogP contribution >= 0.6 is 11.3 Å². The number of piperidine rings is 1. The first-order valence-corrected chi connectivity index (χ1v) is 9.23. The molecule has 3 heterocycles. The molecule has 1 saturated carbocycles. The van der Waals surface area contributed by atoms with Crippen molar-refractivity contribution in [3.63, 3.8) is 0 Å². The molecule has 8 heteroatoms. The van der Waals surface area contributed by atoms with Crippen LogP contribution in [0, 0.1) is 23.2 Å². The summed E-state index contributed by atoms with van der Waals surface area (Å²) in [4.78, 5) is 23.2. The Hall–Kier alpha value is -2.24. The van der Waals surface area contributed by atoms with Crippen LogP contribution in [0.4, 0.5) is 10.9 Å². The van der Waals surface area contributed by atoms with Gasteiger partial charge in [-0.15, -0.1) is 0 Å². The normalized spacial score (nSPS) is 23.4. The van der Waals surface area contributed by atoms with Crippen molar-refractivity contribution in [3.8, 4) is 6.07 Å². The van der Waals surface area contributed by atoms with Gasteiger partial charge in [0.05, 0.1) is 28.3 Å². The van der Waals surface area contributed by atoms with E-state index >= 15 is 0 Å². The van der Waals surface area contributed by atoms with Crippen LogP contribution in [0.3, 0.4) is 0 Å². The number of amides is 1. The lowest BCUT2D eigenvalue weighted by molar-refractivity contribution is -0.117. The first-order chi connectivity index (χ1) is 12.2. The van der Waals surface area contributed by atoms with Crippen molar-refractivity contribution in [2.75, 3.05) is 30.4 Å². The van der Waals surface area contributed by atoms with Gasteiger partial charge >= 0.3 is 0 Å². The maximum atomic E-state index is 12.1. The van der Waals surface area contributed by atoms with Crippen molar-refractivity contribution in [2.45, 2.75) is 25.4 Å². The number of nitrogens with one attached hydrogen (secondary N) is 1. The molecule has 2 aromatic heterocycles. The molecule has 130 valence electrons. The number of pyridine rings is 1. The number of hydrogen-bond donors (Lipinski definition) is 1. The minimum Gasteiger partial charge on any atom is -0.380 e. The number of carbonyl (C=O) groups is 1. The zero-order valence-corrected chi connectivity index (χ0v) is 14.8. The van der Waals surface area contributed by atoms with E-state index in [-0.39, 0.29) is 23.8 Å². The summed E-state index contributed by atoms with van der Waals surface area (Å²) in [5.74, 6) is 0.676. The van der Waals surface area contributed by atoms with E-state index in [1.165, 1.54) is 11.3 Å². The predicted octanol–water partition coefficient (Wildman–Crippen LogP) is 2.40. The highest BCUT2D eigenvalue weighted by Gasteiger charge is 2.31. The van der Waals surface area contributed by atoms with Gasteiger partial charge in [0.1, 0.15) is 0 Å². The molecule has 25 heavy (non-hydrogen) atoms. The van der Waals surface area contributed by atoms with E-state index in [9.17, 15) is 10.1 Å². The van der Waals surface area contributed by atoms with Crippen LogP contribution in [0.1, 0.15) is 19.3 Å². The van der Waals surface area contributed by atoms with Crippen LogP contribution < -0.4 is 10.2 Å². The molecule has 1 amide bonds. The topological polar surface area (TPSA) is 91.1 Å². The summed E-state index contributed by atoms with van der Waals surface area (Å²) < 4.78 is 6.35. The molecule has 1 N–H and O–H groups in total. The molecule has 1 aliphatic carbocycles. The molecule has 2 atom stereocenters. The molecule has 1 aliphatic heterocycles. The summed E-state index contributed by atoms with van der Waals surface area (Å²) in [6.07, 6.45) is 4.35. The summed E-state index contributed by atoms with van der Waals surface area (Å²) in [7, 11) is 1.68. The van der Waals surface area contributed by atoms with Crippen molar-refractivity contribution in [3.05, 3.63) is 12.3 Å². The monoisotopic (exact) mass is 357 g/mol. The fourth-order valence-electron chi connectivity index (χ4n) is 3.11. The Morgan fingerprint density at radius 3 is 3.04 bits per heavy atom. The average Bonchev–Trinajstić information content (AvgIpc) is 3.40. The second-order valence-corrected chi connectivity index (χ2v) is 7.57. The molecular weight excluding hydrogens is 338 g/mol. The predicted molar refractivity (Wildman–Crippen MR) is 95.5 cm³/mol.